The van der Waals surface area contributed by atoms with Crippen LogP contribution in [-0.2, 0) is 0 Å². The molecule has 1 saturated carbocycles. The number of nitrogens with one attached hydrogen (secondary N) is 3. The van der Waals surface area contributed by atoms with Gasteiger partial charge in [-0.2, -0.15) is 0 Å². The minimum atomic E-state index is -0.367. The molecule has 25 heavy (non-hydrogen) atoms. The maximum atomic E-state index is 12.3. The molecule has 1 aliphatic rings. The Balaban J connectivity index is 1.70. The molecule has 1 aliphatic carbocycles. The Hall–Kier alpha value is -2.96. The standard InChI is InChI=1S/C18H21N5O2/c1-11-3-6-13(17(24)22-8-12-4-5-12)7-14(11)23-18(25)15-9-21-16(19-2)10-20-15/h3,6-7,9-10,12H,4-5,8H2,1-2H3,(H,19,21)(H,22,24)(H,23,25). The lowest BCUT2D eigenvalue weighted by Gasteiger charge is -2.11. The van der Waals surface area contributed by atoms with Gasteiger partial charge in [-0.15, -0.1) is 0 Å². The number of nitrogens with zero attached hydrogens (tertiary/aromatic N) is 2. The second-order valence-electron chi connectivity index (χ2n) is 6.17. The van der Waals surface area contributed by atoms with Gasteiger partial charge in [-0.05, 0) is 43.4 Å². The molecule has 3 N–H and O–H groups in total. The summed E-state index contributed by atoms with van der Waals surface area (Å²) >= 11 is 0. The molecule has 1 heterocycles. The molecule has 2 aromatic rings. The van der Waals surface area contributed by atoms with Gasteiger partial charge in [0.15, 0.2) is 0 Å². The normalized spacial score (nSPS) is 13.2. The summed E-state index contributed by atoms with van der Waals surface area (Å²) in [6.45, 7) is 2.58. The molecular weight excluding hydrogens is 318 g/mol. The van der Waals surface area contributed by atoms with Crippen LogP contribution < -0.4 is 16.0 Å². The quantitative estimate of drug-likeness (QED) is 0.750. The third-order valence-corrected chi connectivity index (χ3v) is 4.14. The number of hydrogen-bond donors (Lipinski definition) is 3. The fourth-order valence-corrected chi connectivity index (χ4v) is 2.32. The smallest absolute Gasteiger partial charge is 0.275 e. The number of rotatable bonds is 6. The van der Waals surface area contributed by atoms with Crippen molar-refractivity contribution in [2.45, 2.75) is 19.8 Å². The Bertz CT molecular complexity index is 785. The summed E-state index contributed by atoms with van der Waals surface area (Å²) in [5.74, 6) is 0.712. The van der Waals surface area contributed by atoms with Gasteiger partial charge in [-0.3, -0.25) is 9.59 Å². The molecule has 7 nitrogen and oxygen atoms in total. The molecule has 0 spiro atoms. The maximum Gasteiger partial charge on any atom is 0.275 e. The van der Waals surface area contributed by atoms with Gasteiger partial charge in [0.05, 0.1) is 12.4 Å². The predicted octanol–water partition coefficient (Wildman–Crippen LogP) is 2.22. The van der Waals surface area contributed by atoms with E-state index >= 15 is 0 Å². The summed E-state index contributed by atoms with van der Waals surface area (Å²) in [4.78, 5) is 32.7. The van der Waals surface area contributed by atoms with Gasteiger partial charge in [-0.1, -0.05) is 6.07 Å². The van der Waals surface area contributed by atoms with Crippen LogP contribution in [0.25, 0.3) is 0 Å². The second kappa shape index (κ2) is 7.29. The van der Waals surface area contributed by atoms with Crippen molar-refractivity contribution in [2.75, 3.05) is 24.2 Å². The van der Waals surface area contributed by atoms with Crippen LogP contribution in [0.2, 0.25) is 0 Å². The van der Waals surface area contributed by atoms with E-state index in [1.54, 1.807) is 19.2 Å². The molecule has 2 amide bonds. The lowest BCUT2D eigenvalue weighted by atomic mass is 10.1. The van der Waals surface area contributed by atoms with Gasteiger partial charge >= 0.3 is 0 Å². The Morgan fingerprint density at radius 1 is 1.16 bits per heavy atom. The lowest BCUT2D eigenvalue weighted by molar-refractivity contribution is 0.0950. The highest BCUT2D eigenvalue weighted by atomic mass is 16.2. The SMILES string of the molecule is CNc1cnc(C(=O)Nc2cc(C(=O)NCC3CC3)ccc2C)cn1. The van der Waals surface area contributed by atoms with Gasteiger partial charge in [0.2, 0.25) is 0 Å². The van der Waals surface area contributed by atoms with Gasteiger partial charge in [0, 0.05) is 24.8 Å². The molecular formula is C18H21N5O2. The number of aromatic nitrogens is 2. The van der Waals surface area contributed by atoms with Crippen molar-refractivity contribution in [2.24, 2.45) is 5.92 Å². The molecule has 0 bridgehead atoms. The van der Waals surface area contributed by atoms with E-state index in [9.17, 15) is 9.59 Å². The van der Waals surface area contributed by atoms with Crippen LogP contribution in [0.15, 0.2) is 30.6 Å². The Kier molecular flexibility index (Phi) is 4.92. The van der Waals surface area contributed by atoms with Crippen LogP contribution in [0.4, 0.5) is 11.5 Å². The van der Waals surface area contributed by atoms with Gasteiger partial charge < -0.3 is 16.0 Å². The van der Waals surface area contributed by atoms with E-state index in [0.29, 0.717) is 29.5 Å². The molecule has 3 rings (SSSR count). The molecule has 0 unspecified atom stereocenters. The van der Waals surface area contributed by atoms with Gasteiger partial charge in [-0.25, -0.2) is 9.97 Å². The van der Waals surface area contributed by atoms with Crippen molar-refractivity contribution in [3.05, 3.63) is 47.4 Å². The number of amides is 2. The van der Waals surface area contributed by atoms with Crippen molar-refractivity contribution in [1.29, 1.82) is 0 Å². The zero-order valence-electron chi connectivity index (χ0n) is 14.3. The van der Waals surface area contributed by atoms with Crippen LogP contribution in [0.5, 0.6) is 0 Å². The van der Waals surface area contributed by atoms with E-state index in [1.165, 1.54) is 25.2 Å². The first kappa shape index (κ1) is 16.9. The highest BCUT2D eigenvalue weighted by Gasteiger charge is 2.22. The summed E-state index contributed by atoms with van der Waals surface area (Å²) in [6, 6.07) is 5.26. The first-order chi connectivity index (χ1) is 12.1. The molecule has 7 heteroatoms. The third kappa shape index (κ3) is 4.32. The zero-order valence-corrected chi connectivity index (χ0v) is 14.3. The first-order valence-corrected chi connectivity index (χ1v) is 8.27. The molecule has 1 aromatic carbocycles. The van der Waals surface area contributed by atoms with Crippen molar-refractivity contribution in [3.63, 3.8) is 0 Å². The first-order valence-electron chi connectivity index (χ1n) is 8.27. The molecule has 0 aliphatic heterocycles. The number of benzene rings is 1. The van der Waals surface area contributed by atoms with E-state index < -0.39 is 0 Å². The lowest BCUT2D eigenvalue weighted by Crippen LogP contribution is -2.25. The second-order valence-corrected chi connectivity index (χ2v) is 6.17. The largest absolute Gasteiger partial charge is 0.372 e. The third-order valence-electron chi connectivity index (χ3n) is 4.14. The molecule has 0 atom stereocenters. The van der Waals surface area contributed by atoms with Crippen molar-refractivity contribution in [3.8, 4) is 0 Å². The molecule has 1 aromatic heterocycles. The van der Waals surface area contributed by atoms with Crippen LogP contribution in [0.1, 0.15) is 39.3 Å². The molecule has 0 radical (unpaired) electrons. The van der Waals surface area contributed by atoms with E-state index in [4.69, 9.17) is 0 Å². The average molecular weight is 339 g/mol. The number of carbonyl (C=O) groups excluding carboxylic acids is 2. The van der Waals surface area contributed by atoms with E-state index in [1.807, 2.05) is 13.0 Å². The van der Waals surface area contributed by atoms with Crippen molar-refractivity contribution >= 4 is 23.3 Å². The molecule has 0 saturated heterocycles. The highest BCUT2D eigenvalue weighted by Crippen LogP contribution is 2.27. The summed E-state index contributed by atoms with van der Waals surface area (Å²) in [5, 5.41) is 8.57. The van der Waals surface area contributed by atoms with Gasteiger partial charge in [0.1, 0.15) is 11.5 Å². The fraction of sp³-hybridized carbons (Fsp3) is 0.333. The summed E-state index contributed by atoms with van der Waals surface area (Å²) in [7, 11) is 1.73. The summed E-state index contributed by atoms with van der Waals surface area (Å²) in [5.41, 5.74) is 2.19. The van der Waals surface area contributed by atoms with E-state index in [0.717, 1.165) is 5.56 Å². The highest BCUT2D eigenvalue weighted by molar-refractivity contribution is 6.04. The Morgan fingerprint density at radius 3 is 2.60 bits per heavy atom. The van der Waals surface area contributed by atoms with Crippen molar-refractivity contribution < 1.29 is 9.59 Å². The zero-order chi connectivity index (χ0) is 17.8. The minimum Gasteiger partial charge on any atom is -0.372 e. The van der Waals surface area contributed by atoms with Crippen LogP contribution in [0.3, 0.4) is 0 Å². The van der Waals surface area contributed by atoms with Crippen LogP contribution >= 0.6 is 0 Å². The number of aryl methyl sites for hydroxylation is 1. The van der Waals surface area contributed by atoms with E-state index in [2.05, 4.69) is 25.9 Å². The number of anilines is 2. The van der Waals surface area contributed by atoms with Crippen LogP contribution in [0, 0.1) is 12.8 Å². The minimum absolute atomic E-state index is 0.124. The maximum absolute atomic E-state index is 12.3. The monoisotopic (exact) mass is 339 g/mol. The molecule has 1 fully saturated rings. The summed E-state index contributed by atoms with van der Waals surface area (Å²) < 4.78 is 0. The summed E-state index contributed by atoms with van der Waals surface area (Å²) in [6.07, 6.45) is 5.26. The van der Waals surface area contributed by atoms with Crippen LogP contribution in [-0.4, -0.2) is 35.4 Å². The topological polar surface area (TPSA) is 96.0 Å². The number of carbonyl (C=O) groups is 2. The molecule has 130 valence electrons. The van der Waals surface area contributed by atoms with E-state index in [-0.39, 0.29) is 17.5 Å². The predicted molar refractivity (Wildman–Crippen MR) is 95.8 cm³/mol. The Morgan fingerprint density at radius 2 is 1.96 bits per heavy atom. The average Bonchev–Trinajstić information content (AvgIpc) is 3.46. The Labute approximate surface area is 146 Å². The van der Waals surface area contributed by atoms with Crippen molar-refractivity contribution in [1.82, 2.24) is 15.3 Å². The van der Waals surface area contributed by atoms with Gasteiger partial charge in [0.25, 0.3) is 11.8 Å². The fourth-order valence-electron chi connectivity index (χ4n) is 2.32. The number of hydrogen-bond acceptors (Lipinski definition) is 5.